The van der Waals surface area contributed by atoms with Crippen LogP contribution in [0.2, 0.25) is 0 Å². The maximum absolute atomic E-state index is 2.50. The Balaban J connectivity index is 0.000000138. The van der Waals surface area contributed by atoms with E-state index >= 15 is 0 Å². The quantitative estimate of drug-likeness (QED) is 0.127. The highest BCUT2D eigenvalue weighted by Gasteiger charge is 2.37. The zero-order valence-electron chi connectivity index (χ0n) is 64.6. The van der Waals surface area contributed by atoms with Crippen LogP contribution in [0.15, 0.2) is 425 Å². The Morgan fingerprint density at radius 3 is 0.966 bits per heavy atom. The van der Waals surface area contributed by atoms with E-state index in [0.29, 0.717) is 0 Å². The van der Waals surface area contributed by atoms with Crippen LogP contribution in [-0.4, -0.2) is 22.8 Å². The Labute approximate surface area is 677 Å². The lowest BCUT2D eigenvalue weighted by Crippen LogP contribution is -2.14. The molecule has 117 heavy (non-hydrogen) atoms. The van der Waals surface area contributed by atoms with Crippen LogP contribution in [0.4, 0.5) is 17.1 Å². The molecule has 1 aliphatic rings. The minimum atomic E-state index is -0.101. The number of anilines is 3. The fourth-order valence-corrected chi connectivity index (χ4v) is 19.5. The summed E-state index contributed by atoms with van der Waals surface area (Å²) in [4.78, 5) is 2.30. The molecule has 5 heterocycles. The van der Waals surface area contributed by atoms with Crippen molar-refractivity contribution in [2.24, 2.45) is 0 Å². The lowest BCUT2D eigenvalue weighted by atomic mass is 9.82. The minimum Gasteiger partial charge on any atom is -0.311 e. The van der Waals surface area contributed by atoms with Gasteiger partial charge in [0.15, 0.2) is 0 Å². The number of hydrogen-bond acceptors (Lipinski definition) is 1. The molecule has 6 nitrogen and oxygen atoms in total. The molecule has 0 spiro atoms. The van der Waals surface area contributed by atoms with Crippen molar-refractivity contribution in [3.8, 4) is 72.9 Å². The van der Waals surface area contributed by atoms with Crippen LogP contribution in [0.3, 0.4) is 0 Å². The van der Waals surface area contributed by atoms with Crippen LogP contribution in [-0.2, 0) is 5.41 Å². The summed E-state index contributed by atoms with van der Waals surface area (Å²) in [7, 11) is 0. The zero-order valence-corrected chi connectivity index (χ0v) is 64.6. The molecule has 0 bridgehead atoms. The second-order valence-corrected chi connectivity index (χ2v) is 31.5. The molecular weight excluding hydrogens is 1420 g/mol. The summed E-state index contributed by atoms with van der Waals surface area (Å²) in [6, 6.07) is 155. The van der Waals surface area contributed by atoms with Gasteiger partial charge in [0.2, 0.25) is 0 Å². The molecule has 24 rings (SSSR count). The van der Waals surface area contributed by atoms with Crippen LogP contribution >= 0.6 is 0 Å². The summed E-state index contributed by atoms with van der Waals surface area (Å²) in [5.41, 5.74) is 33.7. The molecule has 0 amide bonds. The Bertz CT molecular complexity index is 7790. The molecule has 0 unspecified atom stereocenters. The van der Waals surface area contributed by atoms with Gasteiger partial charge in [-0.05, 0) is 213 Å². The average Bonchev–Trinajstić information content (AvgIpc) is 1.54. The zero-order chi connectivity index (χ0) is 77.4. The van der Waals surface area contributed by atoms with Gasteiger partial charge < -0.3 is 27.7 Å². The van der Waals surface area contributed by atoms with Crippen molar-refractivity contribution in [1.29, 1.82) is 0 Å². The lowest BCUT2D eigenvalue weighted by Gasteiger charge is -2.25. The molecule has 0 radical (unpaired) electrons. The Morgan fingerprint density at radius 2 is 0.504 bits per heavy atom. The topological polar surface area (TPSA) is 27.9 Å². The van der Waals surface area contributed by atoms with Gasteiger partial charge in [0.05, 0.1) is 55.2 Å². The van der Waals surface area contributed by atoms with E-state index in [-0.39, 0.29) is 5.41 Å². The SMILES string of the molecule is CC1(C)c2ccccc2-c2cc3c4cc(-c5cc6c7ccccc7n(-c7ccccc7)c6c6c5c5ccccc5n6-c5ccccc5)ccc4n(-c4ccccc4)c3cc21.c1ccc(N(c2ccccc2)c2ccc(-c3ccc(-c4cc5c6ccccc6n(-c6ccccc6)c5c5c4c4ccccc4n5-c4ccccc4)cc3)cc2)cc1. The van der Waals surface area contributed by atoms with Crippen molar-refractivity contribution >= 4 is 126 Å². The van der Waals surface area contributed by atoms with Crippen molar-refractivity contribution in [2.75, 3.05) is 4.90 Å². The molecule has 6 heteroatoms. The molecule has 0 N–H and O–H groups in total. The number of nitrogens with zero attached hydrogens (tertiary/aromatic N) is 6. The highest BCUT2D eigenvalue weighted by Crippen LogP contribution is 2.54. The predicted octanol–water partition coefficient (Wildman–Crippen LogP) is 29.6. The van der Waals surface area contributed by atoms with Gasteiger partial charge in [0.25, 0.3) is 0 Å². The summed E-state index contributed by atoms with van der Waals surface area (Å²) in [5.74, 6) is 0. The first-order chi connectivity index (χ1) is 57.9. The van der Waals surface area contributed by atoms with Crippen LogP contribution in [0.1, 0.15) is 25.0 Å². The Hall–Kier alpha value is -15.2. The van der Waals surface area contributed by atoms with E-state index in [2.05, 4.69) is 466 Å². The molecule has 0 saturated carbocycles. The van der Waals surface area contributed by atoms with Gasteiger partial charge in [-0.3, -0.25) is 0 Å². The maximum Gasteiger partial charge on any atom is 0.0795 e. The van der Waals surface area contributed by atoms with Crippen LogP contribution in [0.25, 0.3) is 182 Å². The normalized spacial score (nSPS) is 12.4. The largest absolute Gasteiger partial charge is 0.311 e. The van der Waals surface area contributed by atoms with Crippen molar-refractivity contribution in [3.05, 3.63) is 436 Å². The van der Waals surface area contributed by atoms with Crippen molar-refractivity contribution in [1.82, 2.24) is 22.8 Å². The van der Waals surface area contributed by atoms with E-state index in [0.717, 1.165) is 39.8 Å². The van der Waals surface area contributed by atoms with Gasteiger partial charge in [-0.15, -0.1) is 0 Å². The maximum atomic E-state index is 2.50. The number of benzene rings is 18. The lowest BCUT2D eigenvalue weighted by molar-refractivity contribution is 0.661. The second kappa shape index (κ2) is 27.0. The molecule has 0 aliphatic heterocycles. The summed E-state index contributed by atoms with van der Waals surface area (Å²) >= 11 is 0. The fourth-order valence-electron chi connectivity index (χ4n) is 19.5. The molecule has 0 fully saturated rings. The predicted molar refractivity (Wildman–Crippen MR) is 493 cm³/mol. The third-order valence-electron chi connectivity index (χ3n) is 24.7. The van der Waals surface area contributed by atoms with E-state index in [1.807, 2.05) is 0 Å². The minimum absolute atomic E-state index is 0.101. The smallest absolute Gasteiger partial charge is 0.0795 e. The number of aromatic nitrogens is 5. The molecule has 23 aromatic rings. The van der Waals surface area contributed by atoms with Crippen molar-refractivity contribution in [2.45, 2.75) is 19.3 Å². The highest BCUT2D eigenvalue weighted by molar-refractivity contribution is 6.30. The van der Waals surface area contributed by atoms with Gasteiger partial charge in [-0.2, -0.15) is 0 Å². The summed E-state index contributed by atoms with van der Waals surface area (Å²) < 4.78 is 12.4. The Kier molecular flexibility index (Phi) is 15.6. The molecule has 18 aromatic carbocycles. The van der Waals surface area contributed by atoms with E-state index < -0.39 is 0 Å². The first-order valence-corrected chi connectivity index (χ1v) is 40.5. The second-order valence-electron chi connectivity index (χ2n) is 31.5. The molecular formula is C111H76N6. The standard InChI is InChI=1S/C57H39N3.C54H37N3/c1-57(2)48-27-15-12-24-40(48)44-34-46-45-32-36(30-31-52(45)58(53(46)35-49(44)57)37-18-6-3-7-19-37)43-33-47-41-25-13-16-28-50(41)59(38-20-8-4-9-21-38)55(47)56-54(43)42-26-14-17-29-51(42)60(56)39-22-10-5-11-23-39;1-5-17-41(18-6-1)55(42-19-7-2-8-20-42)45-35-33-39(34-36-45)38-29-31-40(32-30-38)48-37-49-46-25-13-15-27-50(46)56(43-21-9-3-10-22-43)53(49)54-52(48)47-26-14-16-28-51(47)57(54)44-23-11-4-12-24-44/h3-35H,1-2H3;1-37H. The molecule has 0 atom stereocenters. The van der Waals surface area contributed by atoms with Crippen LogP contribution in [0.5, 0.6) is 0 Å². The first kappa shape index (κ1) is 67.5. The van der Waals surface area contributed by atoms with Gasteiger partial charge in [0, 0.05) is 105 Å². The van der Waals surface area contributed by atoms with E-state index in [9.17, 15) is 0 Å². The van der Waals surface area contributed by atoms with Gasteiger partial charge in [0.1, 0.15) is 0 Å². The molecule has 1 aliphatic carbocycles. The number of fused-ring (bicyclic) bond motifs is 20. The summed E-state index contributed by atoms with van der Waals surface area (Å²) in [5, 5.41) is 12.4. The average molecular weight is 1490 g/mol. The summed E-state index contributed by atoms with van der Waals surface area (Å²) in [6.07, 6.45) is 0. The molecule has 550 valence electrons. The van der Waals surface area contributed by atoms with Crippen molar-refractivity contribution < 1.29 is 0 Å². The highest BCUT2D eigenvalue weighted by atomic mass is 15.1. The number of rotatable bonds is 11. The molecule has 0 saturated heterocycles. The van der Waals surface area contributed by atoms with E-state index in [1.54, 1.807) is 0 Å². The molecule has 5 aromatic heterocycles. The number of para-hydroxylation sites is 11. The third-order valence-corrected chi connectivity index (χ3v) is 24.7. The van der Waals surface area contributed by atoms with Crippen LogP contribution < -0.4 is 4.90 Å². The van der Waals surface area contributed by atoms with Gasteiger partial charge in [-0.25, -0.2) is 0 Å². The fraction of sp³-hybridized carbons (Fsp3) is 0.0270. The van der Waals surface area contributed by atoms with E-state index in [1.165, 1.54) is 170 Å². The first-order valence-electron chi connectivity index (χ1n) is 40.5. The van der Waals surface area contributed by atoms with Gasteiger partial charge >= 0.3 is 0 Å². The van der Waals surface area contributed by atoms with Crippen LogP contribution in [0, 0.1) is 0 Å². The monoisotopic (exact) mass is 1490 g/mol. The Morgan fingerprint density at radius 1 is 0.188 bits per heavy atom. The number of hydrogen-bond donors (Lipinski definition) is 0. The van der Waals surface area contributed by atoms with Crippen molar-refractivity contribution in [3.63, 3.8) is 0 Å². The third kappa shape index (κ3) is 10.6. The van der Waals surface area contributed by atoms with Gasteiger partial charge in [-0.1, -0.05) is 281 Å². The summed E-state index contributed by atoms with van der Waals surface area (Å²) in [6.45, 7) is 4.75. The van der Waals surface area contributed by atoms with E-state index in [4.69, 9.17) is 0 Å².